The van der Waals surface area contributed by atoms with Crippen molar-refractivity contribution in [2.75, 3.05) is 0 Å². The van der Waals surface area contributed by atoms with E-state index in [4.69, 9.17) is 4.74 Å². The fraction of sp³-hybridized carbons (Fsp3) is 0.308. The predicted molar refractivity (Wildman–Crippen MR) is 71.1 cm³/mol. The van der Waals surface area contributed by atoms with Gasteiger partial charge in [0.05, 0.1) is 12.4 Å². The summed E-state index contributed by atoms with van der Waals surface area (Å²) in [7, 11) is 0. The SMILES string of the molecule is CC(C)n1cc(OCc2ccccc2Br)cn1. The van der Waals surface area contributed by atoms with Crippen molar-refractivity contribution >= 4 is 15.9 Å². The summed E-state index contributed by atoms with van der Waals surface area (Å²) in [6.07, 6.45) is 3.67. The van der Waals surface area contributed by atoms with Crippen LogP contribution in [0.3, 0.4) is 0 Å². The third-order valence-electron chi connectivity index (χ3n) is 2.46. The minimum Gasteiger partial charge on any atom is -0.486 e. The molecule has 0 N–H and O–H groups in total. The summed E-state index contributed by atoms with van der Waals surface area (Å²) in [5.74, 6) is 0.800. The van der Waals surface area contributed by atoms with Crippen molar-refractivity contribution in [3.63, 3.8) is 0 Å². The molecule has 0 amide bonds. The van der Waals surface area contributed by atoms with E-state index >= 15 is 0 Å². The maximum atomic E-state index is 5.69. The van der Waals surface area contributed by atoms with Gasteiger partial charge >= 0.3 is 0 Å². The Hall–Kier alpha value is -1.29. The molecule has 0 saturated carbocycles. The lowest BCUT2D eigenvalue weighted by molar-refractivity contribution is 0.304. The van der Waals surface area contributed by atoms with Gasteiger partial charge in [-0.25, -0.2) is 0 Å². The molecule has 2 aromatic rings. The van der Waals surface area contributed by atoms with Crippen LogP contribution in [0.1, 0.15) is 25.5 Å². The zero-order chi connectivity index (χ0) is 12.3. The third-order valence-corrected chi connectivity index (χ3v) is 3.23. The van der Waals surface area contributed by atoms with Gasteiger partial charge in [-0.3, -0.25) is 4.68 Å². The maximum Gasteiger partial charge on any atom is 0.157 e. The third kappa shape index (κ3) is 3.09. The van der Waals surface area contributed by atoms with Crippen LogP contribution >= 0.6 is 15.9 Å². The lowest BCUT2D eigenvalue weighted by atomic mass is 10.2. The molecule has 3 nitrogen and oxygen atoms in total. The first kappa shape index (κ1) is 12.2. The van der Waals surface area contributed by atoms with Crippen molar-refractivity contribution in [3.05, 3.63) is 46.7 Å². The van der Waals surface area contributed by atoms with Crippen LogP contribution in [0.5, 0.6) is 5.75 Å². The summed E-state index contributed by atoms with van der Waals surface area (Å²) in [4.78, 5) is 0. The van der Waals surface area contributed by atoms with Crippen LogP contribution in [0.2, 0.25) is 0 Å². The quantitative estimate of drug-likeness (QED) is 0.857. The first-order valence-corrected chi connectivity index (χ1v) is 6.36. The largest absolute Gasteiger partial charge is 0.486 e. The van der Waals surface area contributed by atoms with Gasteiger partial charge < -0.3 is 4.74 Å². The van der Waals surface area contributed by atoms with Gasteiger partial charge in [0, 0.05) is 16.1 Å². The second kappa shape index (κ2) is 5.36. The number of hydrogen-bond donors (Lipinski definition) is 0. The van der Waals surface area contributed by atoms with Crippen molar-refractivity contribution in [2.45, 2.75) is 26.5 Å². The van der Waals surface area contributed by atoms with E-state index in [0.29, 0.717) is 12.6 Å². The second-order valence-corrected chi connectivity index (χ2v) is 4.98. The highest BCUT2D eigenvalue weighted by Crippen LogP contribution is 2.19. The highest BCUT2D eigenvalue weighted by molar-refractivity contribution is 9.10. The zero-order valence-electron chi connectivity index (χ0n) is 9.93. The van der Waals surface area contributed by atoms with Crippen LogP contribution < -0.4 is 4.74 Å². The Morgan fingerprint density at radius 3 is 2.76 bits per heavy atom. The van der Waals surface area contributed by atoms with Crippen LogP contribution in [0.25, 0.3) is 0 Å². The number of aromatic nitrogens is 2. The molecule has 0 spiro atoms. The highest BCUT2D eigenvalue weighted by Gasteiger charge is 2.04. The van der Waals surface area contributed by atoms with Crippen LogP contribution in [0, 0.1) is 0 Å². The minimum atomic E-state index is 0.357. The van der Waals surface area contributed by atoms with E-state index in [1.54, 1.807) is 6.20 Å². The summed E-state index contributed by atoms with van der Waals surface area (Å²) >= 11 is 3.50. The smallest absolute Gasteiger partial charge is 0.157 e. The molecule has 2 rings (SSSR count). The first-order valence-electron chi connectivity index (χ1n) is 5.57. The topological polar surface area (TPSA) is 27.1 Å². The monoisotopic (exact) mass is 294 g/mol. The molecule has 0 bridgehead atoms. The fourth-order valence-electron chi connectivity index (χ4n) is 1.45. The summed E-state index contributed by atoms with van der Waals surface area (Å²) in [6.45, 7) is 4.72. The second-order valence-electron chi connectivity index (χ2n) is 4.13. The molecule has 0 unspecified atom stereocenters. The molecule has 0 aliphatic carbocycles. The molecule has 1 heterocycles. The Bertz CT molecular complexity index is 494. The van der Waals surface area contributed by atoms with Crippen molar-refractivity contribution in [1.82, 2.24) is 9.78 Å². The van der Waals surface area contributed by atoms with Gasteiger partial charge in [-0.15, -0.1) is 0 Å². The molecule has 0 radical (unpaired) electrons. The number of nitrogens with zero attached hydrogens (tertiary/aromatic N) is 2. The van der Waals surface area contributed by atoms with E-state index in [0.717, 1.165) is 15.8 Å². The molecule has 1 aromatic carbocycles. The molecule has 90 valence electrons. The van der Waals surface area contributed by atoms with Gasteiger partial charge in [-0.05, 0) is 19.9 Å². The highest BCUT2D eigenvalue weighted by atomic mass is 79.9. The van der Waals surface area contributed by atoms with Gasteiger partial charge in [0.15, 0.2) is 5.75 Å². The van der Waals surface area contributed by atoms with Crippen molar-refractivity contribution in [1.29, 1.82) is 0 Å². The van der Waals surface area contributed by atoms with Gasteiger partial charge in [-0.1, -0.05) is 34.1 Å². The minimum absolute atomic E-state index is 0.357. The van der Waals surface area contributed by atoms with Crippen LogP contribution in [-0.4, -0.2) is 9.78 Å². The Morgan fingerprint density at radius 2 is 2.12 bits per heavy atom. The van der Waals surface area contributed by atoms with Crippen molar-refractivity contribution in [3.8, 4) is 5.75 Å². The number of hydrogen-bond acceptors (Lipinski definition) is 2. The lowest BCUT2D eigenvalue weighted by Crippen LogP contribution is -2.00. The summed E-state index contributed by atoms with van der Waals surface area (Å²) in [6, 6.07) is 8.40. The van der Waals surface area contributed by atoms with E-state index in [1.807, 2.05) is 35.1 Å². The molecule has 4 heteroatoms. The Balaban J connectivity index is 2.00. The Kier molecular flexibility index (Phi) is 3.84. The van der Waals surface area contributed by atoms with E-state index in [1.165, 1.54) is 0 Å². The van der Waals surface area contributed by atoms with E-state index in [9.17, 15) is 0 Å². The number of rotatable bonds is 4. The summed E-state index contributed by atoms with van der Waals surface area (Å²) in [5.41, 5.74) is 1.13. The van der Waals surface area contributed by atoms with Gasteiger partial charge in [0.25, 0.3) is 0 Å². The summed E-state index contributed by atoms with van der Waals surface area (Å²) in [5, 5.41) is 4.23. The summed E-state index contributed by atoms with van der Waals surface area (Å²) < 4.78 is 8.64. The average Bonchev–Trinajstić information content (AvgIpc) is 2.77. The molecule has 0 aliphatic heterocycles. The normalized spacial score (nSPS) is 10.8. The number of halogens is 1. The predicted octanol–water partition coefficient (Wildman–Crippen LogP) is 3.81. The van der Waals surface area contributed by atoms with Crippen LogP contribution in [0.15, 0.2) is 41.1 Å². The van der Waals surface area contributed by atoms with E-state index in [2.05, 4.69) is 34.9 Å². The van der Waals surface area contributed by atoms with E-state index < -0.39 is 0 Å². The fourth-order valence-corrected chi connectivity index (χ4v) is 1.85. The number of ether oxygens (including phenoxy) is 1. The van der Waals surface area contributed by atoms with E-state index in [-0.39, 0.29) is 0 Å². The molecule has 0 aliphatic rings. The lowest BCUT2D eigenvalue weighted by Gasteiger charge is -2.06. The molecule has 1 aromatic heterocycles. The molecule has 17 heavy (non-hydrogen) atoms. The Morgan fingerprint density at radius 1 is 1.35 bits per heavy atom. The van der Waals surface area contributed by atoms with Crippen molar-refractivity contribution < 1.29 is 4.74 Å². The molecular weight excluding hydrogens is 280 g/mol. The standard InChI is InChI=1S/C13H15BrN2O/c1-10(2)16-8-12(7-15-16)17-9-11-5-3-4-6-13(11)14/h3-8,10H,9H2,1-2H3. The van der Waals surface area contributed by atoms with Gasteiger partial charge in [0.1, 0.15) is 6.61 Å². The first-order chi connectivity index (χ1) is 8.16. The maximum absolute atomic E-state index is 5.69. The van der Waals surface area contributed by atoms with Crippen LogP contribution in [-0.2, 0) is 6.61 Å². The molecule has 0 atom stereocenters. The molecular formula is C13H15BrN2O. The molecule has 0 fully saturated rings. The van der Waals surface area contributed by atoms with Gasteiger partial charge in [0.2, 0.25) is 0 Å². The van der Waals surface area contributed by atoms with Crippen molar-refractivity contribution in [2.24, 2.45) is 0 Å². The zero-order valence-corrected chi connectivity index (χ0v) is 11.5. The Labute approximate surface area is 110 Å². The average molecular weight is 295 g/mol. The number of benzene rings is 1. The van der Waals surface area contributed by atoms with Crippen LogP contribution in [0.4, 0.5) is 0 Å². The van der Waals surface area contributed by atoms with Gasteiger partial charge in [-0.2, -0.15) is 5.10 Å². The molecule has 0 saturated heterocycles.